The van der Waals surface area contributed by atoms with Gasteiger partial charge in [0.05, 0.1) is 13.1 Å². The van der Waals surface area contributed by atoms with E-state index >= 15 is 0 Å². The average molecular weight is 369 g/mol. The minimum Gasteiger partial charge on any atom is -0.357 e. The van der Waals surface area contributed by atoms with E-state index in [-0.39, 0.29) is 0 Å². The molecule has 134 valence electrons. The van der Waals surface area contributed by atoms with Crippen molar-refractivity contribution in [3.05, 3.63) is 77.3 Å². The van der Waals surface area contributed by atoms with Gasteiger partial charge in [-0.3, -0.25) is 4.57 Å². The van der Waals surface area contributed by atoms with Crippen molar-refractivity contribution in [2.24, 2.45) is 4.99 Å². The molecule has 2 aromatic carbocycles. The molecule has 0 spiro atoms. The van der Waals surface area contributed by atoms with Crippen molar-refractivity contribution in [2.75, 3.05) is 6.54 Å². The van der Waals surface area contributed by atoms with Crippen LogP contribution in [0, 0.1) is 0 Å². The van der Waals surface area contributed by atoms with Gasteiger partial charge in [-0.1, -0.05) is 48.0 Å². The second-order valence-electron chi connectivity index (χ2n) is 5.59. The zero-order valence-corrected chi connectivity index (χ0v) is 15.3. The van der Waals surface area contributed by atoms with Crippen LogP contribution < -0.4 is 10.6 Å². The number of hydrogen-bond donors (Lipinski definition) is 2. The third-order valence-corrected chi connectivity index (χ3v) is 4.14. The molecule has 0 atom stereocenters. The van der Waals surface area contributed by atoms with E-state index in [1.165, 1.54) is 0 Å². The Morgan fingerprint density at radius 2 is 1.85 bits per heavy atom. The summed E-state index contributed by atoms with van der Waals surface area (Å²) in [5.41, 5.74) is 2.01. The Labute approximate surface area is 157 Å². The Bertz CT molecular complexity index is 859. The summed E-state index contributed by atoms with van der Waals surface area (Å²) in [6.45, 7) is 3.79. The molecule has 1 aromatic heterocycles. The Morgan fingerprint density at radius 3 is 2.62 bits per heavy atom. The van der Waals surface area contributed by atoms with Gasteiger partial charge >= 0.3 is 0 Å². The highest BCUT2D eigenvalue weighted by Gasteiger charge is 2.07. The van der Waals surface area contributed by atoms with Gasteiger partial charge in [0.25, 0.3) is 0 Å². The molecule has 0 aliphatic heterocycles. The number of halogens is 1. The van der Waals surface area contributed by atoms with Crippen molar-refractivity contribution in [1.82, 2.24) is 25.4 Å². The zero-order valence-electron chi connectivity index (χ0n) is 14.6. The topological polar surface area (TPSA) is 67.1 Å². The molecule has 7 heteroatoms. The monoisotopic (exact) mass is 368 g/mol. The maximum absolute atomic E-state index is 6.20. The largest absolute Gasteiger partial charge is 0.357 e. The molecule has 1 heterocycles. The lowest BCUT2D eigenvalue weighted by Gasteiger charge is -2.12. The van der Waals surface area contributed by atoms with Gasteiger partial charge in [0.2, 0.25) is 0 Å². The predicted molar refractivity (Wildman–Crippen MR) is 104 cm³/mol. The summed E-state index contributed by atoms with van der Waals surface area (Å²) in [5, 5.41) is 15.5. The molecule has 0 amide bonds. The van der Waals surface area contributed by atoms with Crippen LogP contribution >= 0.6 is 11.6 Å². The summed E-state index contributed by atoms with van der Waals surface area (Å²) < 4.78 is 1.95. The fourth-order valence-corrected chi connectivity index (χ4v) is 2.67. The molecule has 2 N–H and O–H groups in total. The molecule has 0 fully saturated rings. The Kier molecular flexibility index (Phi) is 6.22. The van der Waals surface area contributed by atoms with Crippen LogP contribution in [0.5, 0.6) is 0 Å². The van der Waals surface area contributed by atoms with Crippen molar-refractivity contribution < 1.29 is 0 Å². The molecule has 26 heavy (non-hydrogen) atoms. The maximum atomic E-state index is 6.20. The summed E-state index contributed by atoms with van der Waals surface area (Å²) in [7, 11) is 0. The van der Waals surface area contributed by atoms with Gasteiger partial charge in [0, 0.05) is 17.3 Å². The van der Waals surface area contributed by atoms with E-state index in [0.29, 0.717) is 19.0 Å². The highest BCUT2D eigenvalue weighted by atomic mass is 35.5. The number of nitrogens with one attached hydrogen (secondary N) is 2. The summed E-state index contributed by atoms with van der Waals surface area (Å²) >= 11 is 6.20. The van der Waals surface area contributed by atoms with Crippen LogP contribution in [-0.4, -0.2) is 27.3 Å². The molecule has 0 radical (unpaired) electrons. The quantitative estimate of drug-likeness (QED) is 0.518. The van der Waals surface area contributed by atoms with E-state index in [4.69, 9.17) is 11.6 Å². The van der Waals surface area contributed by atoms with E-state index in [0.717, 1.165) is 28.6 Å². The van der Waals surface area contributed by atoms with Crippen LogP contribution in [0.25, 0.3) is 5.69 Å². The zero-order chi connectivity index (χ0) is 18.2. The first-order valence-corrected chi connectivity index (χ1v) is 8.85. The maximum Gasteiger partial charge on any atom is 0.191 e. The van der Waals surface area contributed by atoms with Crippen molar-refractivity contribution in [1.29, 1.82) is 0 Å². The van der Waals surface area contributed by atoms with E-state index in [1.807, 2.05) is 66.1 Å². The van der Waals surface area contributed by atoms with Crippen molar-refractivity contribution in [2.45, 2.75) is 20.0 Å². The second kappa shape index (κ2) is 9.01. The molecule has 6 nitrogen and oxygen atoms in total. The molecule has 0 saturated carbocycles. The fourth-order valence-electron chi connectivity index (χ4n) is 2.48. The Morgan fingerprint density at radius 1 is 1.08 bits per heavy atom. The van der Waals surface area contributed by atoms with Crippen LogP contribution in [0.2, 0.25) is 5.02 Å². The third-order valence-electron chi connectivity index (χ3n) is 3.78. The molecule has 0 bridgehead atoms. The van der Waals surface area contributed by atoms with Gasteiger partial charge in [-0.15, -0.1) is 10.2 Å². The number of guanidine groups is 1. The average Bonchev–Trinajstić information content (AvgIpc) is 3.14. The van der Waals surface area contributed by atoms with Gasteiger partial charge in [-0.2, -0.15) is 0 Å². The van der Waals surface area contributed by atoms with Crippen LogP contribution in [0.15, 0.2) is 65.9 Å². The predicted octanol–water partition coefficient (Wildman–Crippen LogP) is 3.18. The molecule has 3 rings (SSSR count). The minimum atomic E-state index is 0.500. The van der Waals surface area contributed by atoms with Crippen LogP contribution in [0.1, 0.15) is 18.3 Å². The molecule has 0 saturated heterocycles. The van der Waals surface area contributed by atoms with Crippen LogP contribution in [0.4, 0.5) is 0 Å². The van der Waals surface area contributed by atoms with E-state index in [9.17, 15) is 0 Å². The highest BCUT2D eigenvalue weighted by molar-refractivity contribution is 6.31. The van der Waals surface area contributed by atoms with E-state index < -0.39 is 0 Å². The Hall–Kier alpha value is -2.86. The number of benzene rings is 2. The number of aromatic nitrogens is 3. The summed E-state index contributed by atoms with van der Waals surface area (Å²) in [4.78, 5) is 4.60. The molecular formula is C19H21ClN6. The lowest BCUT2D eigenvalue weighted by atomic mass is 10.2. The fraction of sp³-hybridized carbons (Fsp3) is 0.211. The van der Waals surface area contributed by atoms with Crippen molar-refractivity contribution >= 4 is 17.6 Å². The smallest absolute Gasteiger partial charge is 0.191 e. The first-order valence-electron chi connectivity index (χ1n) is 8.48. The van der Waals surface area contributed by atoms with Crippen LogP contribution in [-0.2, 0) is 13.1 Å². The molecule has 0 aliphatic carbocycles. The number of hydrogen-bond acceptors (Lipinski definition) is 3. The number of nitrogens with zero attached hydrogens (tertiary/aromatic N) is 4. The SMILES string of the molecule is CCNC(=NCc1ccccc1Cl)NCc1nncn1-c1ccccc1. The standard InChI is InChI=1S/C19H21ClN6/c1-2-21-19(22-12-15-8-6-7-11-17(15)20)23-13-18-25-24-14-26(18)16-9-4-3-5-10-16/h3-11,14H,2,12-13H2,1H3,(H2,21,22,23). The van der Waals surface area contributed by atoms with Gasteiger partial charge in [-0.25, -0.2) is 4.99 Å². The number of aliphatic imine (C=N–C) groups is 1. The first kappa shape index (κ1) is 17.9. The van der Waals surface area contributed by atoms with Gasteiger partial charge in [-0.05, 0) is 30.7 Å². The van der Waals surface area contributed by atoms with Gasteiger partial charge in [0.15, 0.2) is 11.8 Å². The van der Waals surface area contributed by atoms with Gasteiger partial charge in [0.1, 0.15) is 6.33 Å². The summed E-state index contributed by atoms with van der Waals surface area (Å²) in [5.74, 6) is 1.51. The lowest BCUT2D eigenvalue weighted by molar-refractivity contribution is 0.756. The summed E-state index contributed by atoms with van der Waals surface area (Å²) in [6.07, 6.45) is 1.71. The van der Waals surface area contributed by atoms with Crippen LogP contribution in [0.3, 0.4) is 0 Å². The van der Waals surface area contributed by atoms with Gasteiger partial charge < -0.3 is 10.6 Å². The first-order chi connectivity index (χ1) is 12.8. The van der Waals surface area contributed by atoms with E-state index in [2.05, 4.69) is 25.8 Å². The third kappa shape index (κ3) is 4.61. The van der Waals surface area contributed by atoms with Crippen molar-refractivity contribution in [3.63, 3.8) is 0 Å². The van der Waals surface area contributed by atoms with E-state index in [1.54, 1.807) is 6.33 Å². The normalized spacial score (nSPS) is 11.4. The summed E-state index contributed by atoms with van der Waals surface area (Å²) in [6, 6.07) is 17.7. The Balaban J connectivity index is 1.69. The lowest BCUT2D eigenvalue weighted by Crippen LogP contribution is -2.37. The molecule has 0 unspecified atom stereocenters. The number of rotatable bonds is 6. The minimum absolute atomic E-state index is 0.500. The number of para-hydroxylation sites is 1. The molecule has 3 aromatic rings. The highest BCUT2D eigenvalue weighted by Crippen LogP contribution is 2.15. The molecular weight excluding hydrogens is 348 g/mol. The van der Waals surface area contributed by atoms with Crippen molar-refractivity contribution in [3.8, 4) is 5.69 Å². The second-order valence-corrected chi connectivity index (χ2v) is 6.00. The molecule has 0 aliphatic rings.